The van der Waals surface area contributed by atoms with Crippen LogP contribution < -0.4 is 0 Å². The molecular weight excluding hydrogens is 318 g/mol. The number of hydrogen-bond acceptors (Lipinski definition) is 3. The van der Waals surface area contributed by atoms with Crippen molar-refractivity contribution in [1.29, 1.82) is 0 Å². The first-order valence-corrected chi connectivity index (χ1v) is 7.63. The first kappa shape index (κ1) is 13.9. The van der Waals surface area contributed by atoms with Gasteiger partial charge in [0.1, 0.15) is 5.58 Å². The van der Waals surface area contributed by atoms with E-state index in [1.807, 2.05) is 0 Å². The second-order valence-electron chi connectivity index (χ2n) is 2.57. The molecule has 2 aromatic rings. The van der Waals surface area contributed by atoms with Crippen LogP contribution in [-0.4, -0.2) is 8.42 Å². The van der Waals surface area contributed by atoms with Gasteiger partial charge < -0.3 is 4.42 Å². The summed E-state index contributed by atoms with van der Waals surface area (Å²) in [7, 11) is 4.81. The average molecular weight is 322 g/mol. The van der Waals surface area contributed by atoms with Crippen molar-refractivity contribution in [2.75, 3.05) is 0 Å². The van der Waals surface area contributed by atoms with Crippen LogP contribution in [0.25, 0.3) is 11.0 Å². The summed E-state index contributed by atoms with van der Waals surface area (Å²) in [5, 5.41) is 1.97. The summed E-state index contributed by atoms with van der Waals surface area (Å²) in [4.78, 5) is 0. The minimum Gasteiger partial charge on any atom is -0.464 e. The van der Waals surface area contributed by atoms with E-state index in [9.17, 15) is 0 Å². The van der Waals surface area contributed by atoms with Gasteiger partial charge in [-0.05, 0) is 18.2 Å². The smallest absolute Gasteiger partial charge is 0.317 e. The molecule has 0 N–H and O–H groups in total. The fourth-order valence-corrected chi connectivity index (χ4v) is 1.37. The monoisotopic (exact) mass is 320 g/mol. The summed E-state index contributed by atoms with van der Waals surface area (Å²) in [6.45, 7) is 0. The second kappa shape index (κ2) is 5.47. The van der Waals surface area contributed by atoms with E-state index in [1.54, 1.807) is 24.5 Å². The quantitative estimate of drug-likeness (QED) is 0.673. The van der Waals surface area contributed by atoms with Crippen LogP contribution in [0.5, 0.6) is 0 Å². The molecule has 2 rings (SSSR count). The van der Waals surface area contributed by atoms with Crippen molar-refractivity contribution in [2.45, 2.75) is 0 Å². The topological polar surface area (TPSA) is 47.3 Å². The maximum absolute atomic E-state index is 9.16. The fraction of sp³-hybridized carbons (Fsp3) is 0. The van der Waals surface area contributed by atoms with Gasteiger partial charge in [0.15, 0.2) is 0 Å². The van der Waals surface area contributed by atoms with Gasteiger partial charge in [0.25, 0.3) is 0 Å². The van der Waals surface area contributed by atoms with E-state index in [0.717, 1.165) is 11.0 Å². The van der Waals surface area contributed by atoms with Crippen LogP contribution in [0.2, 0.25) is 10.0 Å². The van der Waals surface area contributed by atoms with Gasteiger partial charge in [-0.15, -0.1) is 0 Å². The Morgan fingerprint density at radius 1 is 1.06 bits per heavy atom. The molecule has 0 spiro atoms. The Hall–Kier alpha value is -0.130. The molecule has 0 atom stereocenters. The minimum absolute atomic E-state index is 0.554. The molecule has 0 unspecified atom stereocenters. The molecule has 8 heteroatoms. The number of halogens is 4. The predicted molar refractivity (Wildman–Crippen MR) is 66.9 cm³/mol. The summed E-state index contributed by atoms with van der Waals surface area (Å²) < 4.78 is 23.4. The zero-order valence-corrected chi connectivity index (χ0v) is 11.3. The van der Waals surface area contributed by atoms with Crippen molar-refractivity contribution in [3.8, 4) is 0 Å². The lowest BCUT2D eigenvalue weighted by molar-refractivity contribution is 0.616. The van der Waals surface area contributed by atoms with E-state index in [1.165, 1.54) is 0 Å². The molecule has 0 radical (unpaired) electrons. The molecular formula is C8H4Cl4O3S. The van der Waals surface area contributed by atoms with Crippen LogP contribution in [-0.2, 0) is 8.26 Å². The van der Waals surface area contributed by atoms with Crippen LogP contribution >= 0.6 is 44.6 Å². The highest BCUT2D eigenvalue weighted by Gasteiger charge is 2.04. The van der Waals surface area contributed by atoms with Gasteiger partial charge in [0.05, 0.1) is 16.3 Å². The third kappa shape index (κ3) is 4.39. The Balaban J connectivity index is 0.000000221. The van der Waals surface area contributed by atoms with Crippen LogP contribution in [0, 0.1) is 0 Å². The van der Waals surface area contributed by atoms with Gasteiger partial charge in [0.2, 0.25) is 0 Å². The number of benzene rings is 1. The summed E-state index contributed by atoms with van der Waals surface area (Å²) in [6.07, 6.45) is 1.59. The predicted octanol–water partition coefficient (Wildman–Crippen LogP) is 4.45. The molecule has 0 saturated heterocycles. The van der Waals surface area contributed by atoms with Gasteiger partial charge in [-0.3, -0.25) is 0 Å². The molecule has 0 aliphatic heterocycles. The maximum atomic E-state index is 9.16. The minimum atomic E-state index is -3.72. The second-order valence-corrected chi connectivity index (χ2v) is 7.03. The first-order valence-electron chi connectivity index (χ1n) is 3.74. The molecule has 0 bridgehead atoms. The van der Waals surface area contributed by atoms with Crippen LogP contribution in [0.15, 0.2) is 28.9 Å². The molecule has 0 saturated carbocycles. The average Bonchev–Trinajstić information content (AvgIpc) is 2.57. The lowest BCUT2D eigenvalue weighted by Crippen LogP contribution is -1.68. The zero-order valence-electron chi connectivity index (χ0n) is 7.45. The van der Waals surface area contributed by atoms with E-state index in [-0.39, 0.29) is 0 Å². The molecule has 0 aliphatic rings. The van der Waals surface area contributed by atoms with Crippen molar-refractivity contribution in [1.82, 2.24) is 0 Å². The Morgan fingerprint density at radius 2 is 1.62 bits per heavy atom. The highest BCUT2D eigenvalue weighted by molar-refractivity contribution is 8.31. The highest BCUT2D eigenvalue weighted by Crippen LogP contribution is 2.30. The SMILES string of the molecule is Clc1ccc2occc2c1Cl.O=S(=O)(Cl)Cl. The molecule has 0 amide bonds. The summed E-state index contributed by atoms with van der Waals surface area (Å²) in [5.41, 5.74) is 0.763. The summed E-state index contributed by atoms with van der Waals surface area (Å²) in [6, 6.07) is 5.31. The molecule has 16 heavy (non-hydrogen) atoms. The molecule has 1 heterocycles. The Bertz CT molecular complexity index is 582. The Labute approximate surface area is 111 Å². The molecule has 0 fully saturated rings. The Morgan fingerprint density at radius 3 is 2.19 bits per heavy atom. The Kier molecular flexibility index (Phi) is 4.76. The normalized spacial score (nSPS) is 11.0. The van der Waals surface area contributed by atoms with Crippen molar-refractivity contribution in [3.05, 3.63) is 34.5 Å². The van der Waals surface area contributed by atoms with Gasteiger partial charge in [-0.2, -0.15) is 8.42 Å². The number of furan rings is 1. The molecule has 1 aromatic heterocycles. The molecule has 1 aromatic carbocycles. The lowest BCUT2D eigenvalue weighted by atomic mass is 10.2. The number of rotatable bonds is 0. The van der Waals surface area contributed by atoms with Crippen molar-refractivity contribution < 1.29 is 12.8 Å². The van der Waals surface area contributed by atoms with E-state index in [4.69, 9.17) is 36.0 Å². The van der Waals surface area contributed by atoms with Gasteiger partial charge in [-0.25, -0.2) is 0 Å². The van der Waals surface area contributed by atoms with Crippen molar-refractivity contribution in [2.24, 2.45) is 0 Å². The molecule has 3 nitrogen and oxygen atoms in total. The van der Waals surface area contributed by atoms with Gasteiger partial charge in [0, 0.05) is 26.8 Å². The van der Waals surface area contributed by atoms with E-state index in [2.05, 4.69) is 21.4 Å². The third-order valence-electron chi connectivity index (χ3n) is 1.52. The van der Waals surface area contributed by atoms with Crippen LogP contribution in [0.3, 0.4) is 0 Å². The number of fused-ring (bicyclic) bond motifs is 1. The van der Waals surface area contributed by atoms with Crippen molar-refractivity contribution in [3.63, 3.8) is 0 Å². The standard InChI is InChI=1S/C8H4Cl2O.Cl2O2S/c9-6-1-2-7-5(8(6)10)3-4-11-7;1-5(2,3)4/h1-4H;. The summed E-state index contributed by atoms with van der Waals surface area (Å²) >= 11 is 11.6. The fourth-order valence-electron chi connectivity index (χ4n) is 0.982. The van der Waals surface area contributed by atoms with E-state index >= 15 is 0 Å². The lowest BCUT2D eigenvalue weighted by Gasteiger charge is -1.94. The molecule has 88 valence electrons. The van der Waals surface area contributed by atoms with E-state index in [0.29, 0.717) is 10.0 Å². The van der Waals surface area contributed by atoms with Crippen molar-refractivity contribution >= 4 is 63.8 Å². The highest BCUT2D eigenvalue weighted by atomic mass is 36.0. The maximum Gasteiger partial charge on any atom is 0.317 e. The van der Waals surface area contributed by atoms with Crippen LogP contribution in [0.4, 0.5) is 0 Å². The van der Waals surface area contributed by atoms with Crippen LogP contribution in [0.1, 0.15) is 0 Å². The van der Waals surface area contributed by atoms with Gasteiger partial charge >= 0.3 is 8.26 Å². The third-order valence-corrected chi connectivity index (χ3v) is 2.34. The first-order chi connectivity index (χ1) is 7.29. The number of hydrogen-bond donors (Lipinski definition) is 0. The largest absolute Gasteiger partial charge is 0.464 e. The summed E-state index contributed by atoms with van der Waals surface area (Å²) in [5.74, 6) is 0. The van der Waals surface area contributed by atoms with Gasteiger partial charge in [-0.1, -0.05) is 23.2 Å². The molecule has 0 aliphatic carbocycles. The zero-order chi connectivity index (χ0) is 12.3. The van der Waals surface area contributed by atoms with E-state index < -0.39 is 8.26 Å².